The Morgan fingerprint density at radius 1 is 1.00 bits per heavy atom. The van der Waals surface area contributed by atoms with Crippen molar-refractivity contribution in [2.75, 3.05) is 62.2 Å². The second-order valence-corrected chi connectivity index (χ2v) is 13.3. The zero-order chi connectivity index (χ0) is 30.6. The van der Waals surface area contributed by atoms with Crippen LogP contribution in [-0.2, 0) is 19.4 Å². The van der Waals surface area contributed by atoms with Gasteiger partial charge in [0.2, 0.25) is 0 Å². The van der Waals surface area contributed by atoms with Crippen LogP contribution < -0.4 is 9.80 Å². The minimum absolute atomic E-state index is 0.138. The molecule has 3 aromatic rings. The Balaban J connectivity index is 1.17. The molecule has 0 N–H and O–H groups in total. The molecule has 0 atom stereocenters. The van der Waals surface area contributed by atoms with Gasteiger partial charge in [0.05, 0.1) is 23.0 Å². The number of nitrogens with zero attached hydrogens (tertiary/aromatic N) is 6. The third kappa shape index (κ3) is 5.65. The number of halogens is 4. The fraction of sp³-hybridized carbons (Fsp3) is 0.471. The van der Waals surface area contributed by atoms with Crippen molar-refractivity contribution in [3.05, 3.63) is 82.9 Å². The van der Waals surface area contributed by atoms with E-state index < -0.39 is 17.8 Å². The first kappa shape index (κ1) is 29.4. The molecule has 0 unspecified atom stereocenters. The van der Waals surface area contributed by atoms with Crippen LogP contribution in [0.25, 0.3) is 10.8 Å². The number of rotatable bonds is 9. The fourth-order valence-corrected chi connectivity index (χ4v) is 7.37. The van der Waals surface area contributed by atoms with E-state index >= 15 is 0 Å². The van der Waals surface area contributed by atoms with E-state index in [-0.39, 0.29) is 10.4 Å². The Kier molecular flexibility index (Phi) is 7.73. The van der Waals surface area contributed by atoms with Gasteiger partial charge in [0.1, 0.15) is 29.5 Å². The second-order valence-electron chi connectivity index (χ2n) is 12.9. The number of benzene rings is 2. The average molecular weight is 623 g/mol. The molecule has 7 rings (SSSR count). The molecule has 2 saturated heterocycles. The molecule has 10 heteroatoms. The minimum atomic E-state index is -0.686. The van der Waals surface area contributed by atoms with E-state index in [1.54, 1.807) is 6.07 Å². The number of allylic oxidation sites excluding steroid dienone is 1. The number of aromatic nitrogens is 2. The lowest BCUT2D eigenvalue weighted by atomic mass is 9.96. The van der Waals surface area contributed by atoms with Crippen LogP contribution in [0.2, 0.25) is 5.02 Å². The zero-order valence-electron chi connectivity index (χ0n) is 25.0. The Morgan fingerprint density at radius 2 is 1.77 bits per heavy atom. The van der Waals surface area contributed by atoms with E-state index in [9.17, 15) is 13.2 Å². The van der Waals surface area contributed by atoms with Gasteiger partial charge in [-0.2, -0.15) is 0 Å². The first-order valence-corrected chi connectivity index (χ1v) is 16.0. The molecule has 3 fully saturated rings. The van der Waals surface area contributed by atoms with Crippen molar-refractivity contribution in [3.8, 4) is 0 Å². The van der Waals surface area contributed by atoms with Crippen LogP contribution in [0.1, 0.15) is 36.3 Å². The molecule has 1 aromatic heterocycles. The molecule has 0 bridgehead atoms. The largest absolute Gasteiger partial charge is 0.366 e. The molecule has 1 aliphatic carbocycles. The summed E-state index contributed by atoms with van der Waals surface area (Å²) in [4.78, 5) is 19.0. The van der Waals surface area contributed by atoms with Gasteiger partial charge in [-0.3, -0.25) is 4.90 Å². The van der Waals surface area contributed by atoms with Gasteiger partial charge < -0.3 is 14.7 Å². The molecule has 4 heterocycles. The summed E-state index contributed by atoms with van der Waals surface area (Å²) in [6.45, 7) is 13.3. The van der Waals surface area contributed by atoms with Crippen molar-refractivity contribution in [1.29, 1.82) is 0 Å². The van der Waals surface area contributed by atoms with Crippen molar-refractivity contribution in [1.82, 2.24) is 19.8 Å². The number of hydrogen-bond acceptors (Lipinski definition) is 6. The first-order valence-electron chi connectivity index (χ1n) is 15.6. The van der Waals surface area contributed by atoms with Crippen molar-refractivity contribution >= 4 is 33.9 Å². The van der Waals surface area contributed by atoms with Gasteiger partial charge in [-0.1, -0.05) is 43.0 Å². The lowest BCUT2D eigenvalue weighted by Gasteiger charge is -2.39. The first-order chi connectivity index (χ1) is 21.2. The van der Waals surface area contributed by atoms with Crippen molar-refractivity contribution in [3.63, 3.8) is 0 Å². The summed E-state index contributed by atoms with van der Waals surface area (Å²) in [6, 6.07) is 9.12. The summed E-state index contributed by atoms with van der Waals surface area (Å²) in [5.74, 6) is 0.861. The molecule has 44 heavy (non-hydrogen) atoms. The van der Waals surface area contributed by atoms with Crippen LogP contribution in [-0.4, -0.2) is 78.3 Å². The summed E-state index contributed by atoms with van der Waals surface area (Å²) in [5, 5.41) is 1.75. The summed E-state index contributed by atoms with van der Waals surface area (Å²) in [5.41, 5.74) is 3.59. The number of likely N-dealkylation sites (tertiary alicyclic amines) is 1. The van der Waals surface area contributed by atoms with Gasteiger partial charge in [-0.15, -0.1) is 0 Å². The van der Waals surface area contributed by atoms with Crippen LogP contribution in [0, 0.1) is 11.2 Å². The predicted molar refractivity (Wildman–Crippen MR) is 170 cm³/mol. The van der Waals surface area contributed by atoms with Crippen LogP contribution in [0.5, 0.6) is 0 Å². The minimum Gasteiger partial charge on any atom is -0.366 e. The van der Waals surface area contributed by atoms with Gasteiger partial charge >= 0.3 is 0 Å². The molecule has 4 aliphatic rings. The highest BCUT2D eigenvalue weighted by molar-refractivity contribution is 6.36. The highest BCUT2D eigenvalue weighted by Gasteiger charge is 2.45. The van der Waals surface area contributed by atoms with Gasteiger partial charge in [0.25, 0.3) is 0 Å². The Bertz CT molecular complexity index is 1610. The van der Waals surface area contributed by atoms with E-state index in [1.165, 1.54) is 6.07 Å². The van der Waals surface area contributed by atoms with Crippen molar-refractivity contribution in [2.24, 2.45) is 5.41 Å². The molecular weight excluding hydrogens is 585 g/mol. The molecule has 0 amide bonds. The summed E-state index contributed by atoms with van der Waals surface area (Å²) >= 11 is 6.51. The molecule has 232 valence electrons. The van der Waals surface area contributed by atoms with Crippen LogP contribution in [0.3, 0.4) is 0 Å². The van der Waals surface area contributed by atoms with Crippen LogP contribution in [0.4, 0.5) is 24.7 Å². The normalized spacial score (nSPS) is 20.0. The molecule has 6 nitrogen and oxygen atoms in total. The van der Waals surface area contributed by atoms with Crippen LogP contribution in [0.15, 0.2) is 55.0 Å². The van der Waals surface area contributed by atoms with E-state index in [0.29, 0.717) is 51.5 Å². The lowest BCUT2D eigenvalue weighted by Crippen LogP contribution is -2.50. The van der Waals surface area contributed by atoms with Gasteiger partial charge in [-0.05, 0) is 48.6 Å². The zero-order valence-corrected chi connectivity index (χ0v) is 25.7. The third-order valence-corrected chi connectivity index (χ3v) is 10.3. The summed E-state index contributed by atoms with van der Waals surface area (Å²) in [7, 11) is 0. The maximum Gasteiger partial charge on any atom is 0.142 e. The molecule has 0 radical (unpaired) electrons. The van der Waals surface area contributed by atoms with Crippen molar-refractivity contribution in [2.45, 2.75) is 44.8 Å². The van der Waals surface area contributed by atoms with E-state index in [0.717, 1.165) is 84.6 Å². The lowest BCUT2D eigenvalue weighted by molar-refractivity contribution is 0.0459. The van der Waals surface area contributed by atoms with E-state index in [4.69, 9.17) is 21.6 Å². The Morgan fingerprint density at radius 3 is 2.48 bits per heavy atom. The van der Waals surface area contributed by atoms with Gasteiger partial charge in [0.15, 0.2) is 0 Å². The van der Waals surface area contributed by atoms with Crippen LogP contribution >= 0.6 is 11.6 Å². The number of hydrogen-bond donors (Lipinski definition) is 0. The van der Waals surface area contributed by atoms with Gasteiger partial charge in [0, 0.05) is 75.4 Å². The Labute approximate surface area is 261 Å². The number of anilines is 2. The number of fused-ring (bicyclic) bond motifs is 2. The highest BCUT2D eigenvalue weighted by Crippen LogP contribution is 2.50. The summed E-state index contributed by atoms with van der Waals surface area (Å²) < 4.78 is 41.8. The third-order valence-electron chi connectivity index (χ3n) is 9.93. The van der Waals surface area contributed by atoms with Crippen molar-refractivity contribution < 1.29 is 13.2 Å². The topological polar surface area (TPSA) is 38.7 Å². The maximum atomic E-state index is 14.5. The van der Waals surface area contributed by atoms with Gasteiger partial charge in [-0.25, -0.2) is 23.1 Å². The quantitative estimate of drug-likeness (QED) is 0.255. The molecule has 3 aliphatic heterocycles. The van der Waals surface area contributed by atoms with E-state index in [1.807, 2.05) is 23.1 Å². The molecule has 1 saturated carbocycles. The monoisotopic (exact) mass is 622 g/mol. The standard InChI is InChI=1S/C34H38ClF3N6/c1-22(36)23(2)42-14-16-43(17-15-42)33-26-9-13-44(29-5-3-4-24-6-7-27(38)32(35)31(24)29)20-28(26)39-30(40-33)8-10-34(11-12-34)21-41-18-25(37)19-41/h3-7,25H,1-2,8-21H2. The SMILES string of the molecule is C=C(F)C(=C)N1CCN(c2nc(CCC3(CN4CC(F)C4)CC3)nc3c2CCN(c2cccc4ccc(F)c(Cl)c24)C3)CC1. The average Bonchev–Trinajstić information content (AvgIpc) is 3.79. The molecule has 2 aromatic carbocycles. The number of aryl methyl sites for hydroxylation is 1. The predicted octanol–water partition coefficient (Wildman–Crippen LogP) is 6.47. The molecular formula is C34H38ClF3N6. The Hall–Kier alpha value is -3.30. The molecule has 0 spiro atoms. The maximum absolute atomic E-state index is 14.5. The highest BCUT2D eigenvalue weighted by atomic mass is 35.5. The number of alkyl halides is 1. The fourth-order valence-electron chi connectivity index (χ4n) is 7.11. The summed E-state index contributed by atoms with van der Waals surface area (Å²) in [6.07, 6.45) is 4.12. The number of piperazine rings is 1. The second kappa shape index (κ2) is 11.6. The van der Waals surface area contributed by atoms with E-state index in [2.05, 4.69) is 27.9 Å². The smallest absolute Gasteiger partial charge is 0.142 e.